The second kappa shape index (κ2) is 15.0. The molecule has 0 aromatic heterocycles. The summed E-state index contributed by atoms with van der Waals surface area (Å²) in [5, 5.41) is 3.40. The van der Waals surface area contributed by atoms with Crippen LogP contribution >= 0.6 is 24.0 Å². The Labute approximate surface area is 215 Å². The fourth-order valence-corrected chi connectivity index (χ4v) is 4.42. The van der Waals surface area contributed by atoms with E-state index in [-0.39, 0.29) is 29.8 Å². The molecule has 0 aliphatic carbocycles. The van der Waals surface area contributed by atoms with Crippen LogP contribution in [0.5, 0.6) is 0 Å². The Kier molecular flexibility index (Phi) is 12.7. The van der Waals surface area contributed by atoms with Gasteiger partial charge in [-0.05, 0) is 43.5 Å². The lowest BCUT2D eigenvalue weighted by Crippen LogP contribution is -2.47. The number of nitrogens with one attached hydrogen (secondary N) is 1. The number of guanidine groups is 1. The van der Waals surface area contributed by atoms with Crippen LogP contribution in [0.4, 0.5) is 10.1 Å². The van der Waals surface area contributed by atoms with Gasteiger partial charge in [0.1, 0.15) is 5.82 Å². The molecule has 0 atom stereocenters. The summed E-state index contributed by atoms with van der Waals surface area (Å²) in [6, 6.07) is 5.59. The number of piperidine rings is 1. The highest BCUT2D eigenvalue weighted by molar-refractivity contribution is 14.0. The summed E-state index contributed by atoms with van der Waals surface area (Å²) in [5.41, 5.74) is 1.64. The number of piperazine rings is 1. The van der Waals surface area contributed by atoms with Gasteiger partial charge >= 0.3 is 0 Å². The molecule has 33 heavy (non-hydrogen) atoms. The summed E-state index contributed by atoms with van der Waals surface area (Å²) < 4.78 is 25.8. The van der Waals surface area contributed by atoms with Crippen LogP contribution in [0, 0.1) is 5.82 Å². The van der Waals surface area contributed by atoms with Gasteiger partial charge in [-0.15, -0.1) is 24.0 Å². The Morgan fingerprint density at radius 2 is 1.85 bits per heavy atom. The van der Waals surface area contributed by atoms with E-state index in [2.05, 4.69) is 31.9 Å². The number of benzene rings is 1. The minimum Gasteiger partial charge on any atom is -0.385 e. The largest absolute Gasteiger partial charge is 0.385 e. The number of ether oxygens (including phenoxy) is 2. The number of likely N-dealkylation sites (N-methyl/N-ethyl adjacent to an activating group) is 1. The summed E-state index contributed by atoms with van der Waals surface area (Å²) in [5.74, 6) is 0.721. The van der Waals surface area contributed by atoms with E-state index in [1.807, 2.05) is 12.1 Å². The van der Waals surface area contributed by atoms with Crippen LogP contribution in [-0.2, 0) is 16.0 Å². The first kappa shape index (κ1) is 28.1. The monoisotopic (exact) mass is 577 g/mol. The Morgan fingerprint density at radius 3 is 2.45 bits per heavy atom. The van der Waals surface area contributed by atoms with E-state index in [1.54, 1.807) is 20.2 Å². The summed E-state index contributed by atoms with van der Waals surface area (Å²) in [6.45, 7) is 10.8. The Bertz CT molecular complexity index is 723. The lowest BCUT2D eigenvalue weighted by Gasteiger charge is -2.35. The molecular weight excluding hydrogens is 536 g/mol. The average molecular weight is 578 g/mol. The van der Waals surface area contributed by atoms with Gasteiger partial charge < -0.3 is 29.5 Å². The molecule has 0 bridgehead atoms. The minimum absolute atomic E-state index is 0. The van der Waals surface area contributed by atoms with Gasteiger partial charge in [-0.2, -0.15) is 0 Å². The second-order valence-corrected chi connectivity index (χ2v) is 8.51. The van der Waals surface area contributed by atoms with E-state index in [0.29, 0.717) is 18.3 Å². The number of rotatable bonds is 9. The molecule has 188 valence electrons. The molecule has 9 heteroatoms. The van der Waals surface area contributed by atoms with E-state index in [0.717, 1.165) is 89.8 Å². The molecule has 1 N–H and O–H groups in total. The van der Waals surface area contributed by atoms with Crippen LogP contribution in [0.1, 0.15) is 31.7 Å². The highest BCUT2D eigenvalue weighted by Gasteiger charge is 2.22. The summed E-state index contributed by atoms with van der Waals surface area (Å²) >= 11 is 0. The van der Waals surface area contributed by atoms with E-state index < -0.39 is 0 Å². The van der Waals surface area contributed by atoms with E-state index >= 15 is 0 Å². The van der Waals surface area contributed by atoms with Crippen LogP contribution in [0.3, 0.4) is 0 Å². The molecule has 2 heterocycles. The van der Waals surface area contributed by atoms with Gasteiger partial charge in [0, 0.05) is 73.2 Å². The van der Waals surface area contributed by atoms with Crippen LogP contribution in [-0.4, -0.2) is 95.0 Å². The summed E-state index contributed by atoms with van der Waals surface area (Å²) in [7, 11) is 3.52. The highest BCUT2D eigenvalue weighted by atomic mass is 127. The zero-order valence-corrected chi connectivity index (χ0v) is 22.7. The molecule has 2 aliphatic heterocycles. The van der Waals surface area contributed by atoms with Gasteiger partial charge in [0.2, 0.25) is 0 Å². The predicted octanol–water partition coefficient (Wildman–Crippen LogP) is 3.18. The van der Waals surface area contributed by atoms with Crippen molar-refractivity contribution in [2.75, 3.05) is 78.1 Å². The van der Waals surface area contributed by atoms with Crippen LogP contribution in [0.25, 0.3) is 0 Å². The van der Waals surface area contributed by atoms with Crippen molar-refractivity contribution >= 4 is 35.6 Å². The van der Waals surface area contributed by atoms with Gasteiger partial charge in [-0.1, -0.05) is 13.0 Å². The maximum Gasteiger partial charge on any atom is 0.193 e. The molecule has 7 nitrogen and oxygen atoms in total. The third kappa shape index (κ3) is 8.52. The molecule has 0 saturated carbocycles. The number of hydrogen-bond acceptors (Lipinski definition) is 5. The molecule has 1 aromatic carbocycles. The summed E-state index contributed by atoms with van der Waals surface area (Å²) in [6.07, 6.45) is 3.22. The minimum atomic E-state index is -0.143. The number of aliphatic imine (C=N–C) groups is 1. The van der Waals surface area contributed by atoms with Crippen molar-refractivity contribution in [1.29, 1.82) is 0 Å². The fraction of sp³-hybridized carbons (Fsp3) is 0.708. The first-order chi connectivity index (χ1) is 15.6. The number of halogens is 2. The van der Waals surface area contributed by atoms with Crippen molar-refractivity contribution in [3.8, 4) is 0 Å². The third-order valence-electron chi connectivity index (χ3n) is 6.42. The summed E-state index contributed by atoms with van der Waals surface area (Å²) in [4.78, 5) is 11.2. The van der Waals surface area contributed by atoms with Crippen molar-refractivity contribution in [2.45, 2.75) is 38.8 Å². The van der Waals surface area contributed by atoms with Crippen molar-refractivity contribution in [1.82, 2.24) is 15.1 Å². The third-order valence-corrected chi connectivity index (χ3v) is 6.42. The molecule has 0 radical (unpaired) electrons. The SMILES string of the molecule is CCN1CCN(c2ccc(CNC(=NC)N3CCC(OCCCOC)CC3)cc2F)CC1.I. The first-order valence-corrected chi connectivity index (χ1v) is 12.0. The number of anilines is 1. The predicted molar refractivity (Wildman–Crippen MR) is 143 cm³/mol. The van der Waals surface area contributed by atoms with E-state index in [1.165, 1.54) is 0 Å². The van der Waals surface area contributed by atoms with Crippen LogP contribution in [0.15, 0.2) is 23.2 Å². The number of nitrogens with zero attached hydrogens (tertiary/aromatic N) is 4. The number of likely N-dealkylation sites (tertiary alicyclic amines) is 1. The van der Waals surface area contributed by atoms with Gasteiger partial charge in [-0.3, -0.25) is 4.99 Å². The van der Waals surface area contributed by atoms with Crippen molar-refractivity contribution in [3.05, 3.63) is 29.6 Å². The molecule has 3 rings (SSSR count). The number of methoxy groups -OCH3 is 1. The lowest BCUT2D eigenvalue weighted by atomic mass is 10.1. The fourth-order valence-electron chi connectivity index (χ4n) is 4.42. The molecule has 1 aromatic rings. The van der Waals surface area contributed by atoms with Gasteiger partial charge in [0.15, 0.2) is 5.96 Å². The maximum atomic E-state index is 14.8. The normalized spacial score (nSPS) is 18.4. The molecule has 2 saturated heterocycles. The van der Waals surface area contributed by atoms with Gasteiger partial charge in [0.05, 0.1) is 11.8 Å². The van der Waals surface area contributed by atoms with Crippen LogP contribution < -0.4 is 10.2 Å². The van der Waals surface area contributed by atoms with Crippen molar-refractivity contribution in [3.63, 3.8) is 0 Å². The van der Waals surface area contributed by atoms with Gasteiger partial charge in [-0.25, -0.2) is 4.39 Å². The topological polar surface area (TPSA) is 52.6 Å². The first-order valence-electron chi connectivity index (χ1n) is 12.0. The van der Waals surface area contributed by atoms with Crippen molar-refractivity contribution in [2.24, 2.45) is 4.99 Å². The zero-order valence-electron chi connectivity index (χ0n) is 20.4. The van der Waals surface area contributed by atoms with Gasteiger partial charge in [0.25, 0.3) is 0 Å². The smallest absolute Gasteiger partial charge is 0.193 e. The van der Waals surface area contributed by atoms with E-state index in [4.69, 9.17) is 9.47 Å². The quantitative estimate of drug-likeness (QED) is 0.211. The molecule has 2 fully saturated rings. The maximum absolute atomic E-state index is 14.8. The molecule has 0 unspecified atom stereocenters. The van der Waals surface area contributed by atoms with Crippen molar-refractivity contribution < 1.29 is 13.9 Å². The zero-order chi connectivity index (χ0) is 22.8. The highest BCUT2D eigenvalue weighted by Crippen LogP contribution is 2.22. The van der Waals surface area contributed by atoms with E-state index in [9.17, 15) is 4.39 Å². The van der Waals surface area contributed by atoms with Crippen LogP contribution in [0.2, 0.25) is 0 Å². The standard InChI is InChI=1S/C24H40FN5O2.HI/c1-4-28-12-14-29(15-13-28)23-7-6-20(18-22(23)25)19-27-24(26-2)30-10-8-21(9-11-30)32-17-5-16-31-3;/h6-7,18,21H,4-5,8-17,19H2,1-3H3,(H,26,27);1H. The Balaban J connectivity index is 0.00000385. The molecule has 0 amide bonds. The lowest BCUT2D eigenvalue weighted by molar-refractivity contribution is 0.00989. The molecule has 2 aliphatic rings. The number of hydrogen-bond donors (Lipinski definition) is 1. The average Bonchev–Trinajstić information content (AvgIpc) is 2.83. The Morgan fingerprint density at radius 1 is 1.12 bits per heavy atom. The Hall–Kier alpha value is -1.17. The molecule has 0 spiro atoms. The molecular formula is C24H41FIN5O2. The second-order valence-electron chi connectivity index (χ2n) is 8.51.